The zero-order valence-corrected chi connectivity index (χ0v) is 27.4. The molecule has 0 amide bonds. The molecule has 0 aliphatic heterocycles. The van der Waals surface area contributed by atoms with Crippen LogP contribution in [0.3, 0.4) is 0 Å². The molecule has 50 heavy (non-hydrogen) atoms. The molecule has 0 fully saturated rings. The smallest absolute Gasteiger partial charge is 0.0724 e. The van der Waals surface area contributed by atoms with Crippen LogP contribution in [0.25, 0.3) is 60.9 Å². The first-order chi connectivity index (χ1) is 24.8. The van der Waals surface area contributed by atoms with Crippen molar-refractivity contribution < 1.29 is 0 Å². The van der Waals surface area contributed by atoms with E-state index in [1.165, 1.54) is 38.5 Å². The standard InChI is InChI=1S/C47H33N3/c1-3-10-34(11-4-1)36-18-24-40(25-19-36)49(41-26-20-37(21-27-41)35-12-5-2-6-13-35)42-28-22-38(23-29-42)39-14-9-15-43(32-39)50-46-17-8-7-16-44(46)45-30-31-48-33-47(45)50/h1-33H. The van der Waals surface area contributed by atoms with Crippen LogP contribution in [0, 0.1) is 0 Å². The third kappa shape index (κ3) is 5.41. The van der Waals surface area contributed by atoms with Crippen molar-refractivity contribution in [2.75, 3.05) is 4.90 Å². The first kappa shape index (κ1) is 29.4. The summed E-state index contributed by atoms with van der Waals surface area (Å²) in [6.07, 6.45) is 3.83. The normalized spacial score (nSPS) is 11.2. The predicted octanol–water partition coefficient (Wildman–Crippen LogP) is 12.6. The van der Waals surface area contributed by atoms with Crippen molar-refractivity contribution in [3.63, 3.8) is 0 Å². The second kappa shape index (κ2) is 12.7. The van der Waals surface area contributed by atoms with E-state index in [-0.39, 0.29) is 0 Å². The summed E-state index contributed by atoms with van der Waals surface area (Å²) in [5.74, 6) is 0. The summed E-state index contributed by atoms with van der Waals surface area (Å²) >= 11 is 0. The maximum absolute atomic E-state index is 4.47. The van der Waals surface area contributed by atoms with Crippen molar-refractivity contribution in [3.05, 3.63) is 200 Å². The molecule has 0 unspecified atom stereocenters. The van der Waals surface area contributed by atoms with Crippen molar-refractivity contribution in [1.82, 2.24) is 9.55 Å². The monoisotopic (exact) mass is 639 g/mol. The van der Waals surface area contributed by atoms with E-state index in [4.69, 9.17) is 0 Å². The fourth-order valence-electron chi connectivity index (χ4n) is 7.04. The van der Waals surface area contributed by atoms with Crippen LogP contribution in [0.5, 0.6) is 0 Å². The highest BCUT2D eigenvalue weighted by Gasteiger charge is 2.15. The number of hydrogen-bond donors (Lipinski definition) is 0. The van der Waals surface area contributed by atoms with Crippen LogP contribution in [0.2, 0.25) is 0 Å². The summed E-state index contributed by atoms with van der Waals surface area (Å²) in [5, 5.41) is 2.44. The molecule has 0 N–H and O–H groups in total. The number of anilines is 3. The number of aromatic nitrogens is 2. The Bertz CT molecular complexity index is 2420. The number of pyridine rings is 1. The van der Waals surface area contributed by atoms with Gasteiger partial charge in [-0.05, 0) is 94.0 Å². The molecule has 0 saturated carbocycles. The van der Waals surface area contributed by atoms with Crippen molar-refractivity contribution in [2.45, 2.75) is 0 Å². The van der Waals surface area contributed by atoms with Gasteiger partial charge in [-0.3, -0.25) is 4.98 Å². The summed E-state index contributed by atoms with van der Waals surface area (Å²) in [7, 11) is 0. The van der Waals surface area contributed by atoms with Crippen molar-refractivity contribution >= 4 is 38.9 Å². The highest BCUT2D eigenvalue weighted by molar-refractivity contribution is 6.09. The molecule has 0 atom stereocenters. The SMILES string of the molecule is c1ccc(-c2ccc(N(c3ccc(-c4ccccc4)cc3)c3ccc(-c4cccc(-n5c6ccccc6c6ccncc65)c4)cc3)cc2)cc1. The number of hydrogen-bond acceptors (Lipinski definition) is 2. The molecular formula is C47H33N3. The van der Waals surface area contributed by atoms with E-state index in [1.807, 2.05) is 12.4 Å². The van der Waals surface area contributed by atoms with E-state index in [2.05, 4.69) is 203 Å². The number of nitrogens with zero attached hydrogens (tertiary/aromatic N) is 3. The minimum Gasteiger partial charge on any atom is -0.311 e. The van der Waals surface area contributed by atoms with Crippen LogP contribution in [0.15, 0.2) is 200 Å². The Morgan fingerprint density at radius 1 is 0.360 bits per heavy atom. The molecule has 3 heteroatoms. The number of para-hydroxylation sites is 1. The van der Waals surface area contributed by atoms with Gasteiger partial charge < -0.3 is 9.47 Å². The van der Waals surface area contributed by atoms with Gasteiger partial charge in [0.1, 0.15) is 0 Å². The summed E-state index contributed by atoms with van der Waals surface area (Å²) < 4.78 is 2.31. The first-order valence-electron chi connectivity index (χ1n) is 17.0. The van der Waals surface area contributed by atoms with Crippen molar-refractivity contribution in [3.8, 4) is 39.1 Å². The Balaban J connectivity index is 1.09. The first-order valence-corrected chi connectivity index (χ1v) is 17.0. The van der Waals surface area contributed by atoms with E-state index in [9.17, 15) is 0 Å². The molecule has 0 spiro atoms. The van der Waals surface area contributed by atoms with Gasteiger partial charge in [-0.15, -0.1) is 0 Å². The summed E-state index contributed by atoms with van der Waals surface area (Å²) in [6.45, 7) is 0. The molecule has 0 bridgehead atoms. The van der Waals surface area contributed by atoms with E-state index < -0.39 is 0 Å². The second-order valence-corrected chi connectivity index (χ2v) is 12.5. The lowest BCUT2D eigenvalue weighted by atomic mass is 10.0. The number of fused-ring (bicyclic) bond motifs is 3. The minimum atomic E-state index is 1.10. The summed E-state index contributed by atoms with van der Waals surface area (Å²) in [4.78, 5) is 6.79. The van der Waals surface area contributed by atoms with Gasteiger partial charge in [0.05, 0.1) is 17.2 Å². The molecule has 0 radical (unpaired) electrons. The van der Waals surface area contributed by atoms with Crippen LogP contribution in [0.4, 0.5) is 17.1 Å². The Kier molecular flexibility index (Phi) is 7.49. The van der Waals surface area contributed by atoms with Crippen molar-refractivity contribution in [2.24, 2.45) is 0 Å². The average molecular weight is 640 g/mol. The second-order valence-electron chi connectivity index (χ2n) is 12.5. The summed E-state index contributed by atoms with van der Waals surface area (Å²) in [5.41, 5.74) is 13.8. The van der Waals surface area contributed by atoms with Gasteiger partial charge in [-0.1, -0.05) is 127 Å². The third-order valence-corrected chi connectivity index (χ3v) is 9.50. The van der Waals surface area contributed by atoms with Gasteiger partial charge in [0, 0.05) is 39.7 Å². The highest BCUT2D eigenvalue weighted by Crippen LogP contribution is 2.38. The van der Waals surface area contributed by atoms with E-state index in [0.29, 0.717) is 0 Å². The van der Waals surface area contributed by atoms with Crippen molar-refractivity contribution in [1.29, 1.82) is 0 Å². The van der Waals surface area contributed by atoms with Gasteiger partial charge in [0.15, 0.2) is 0 Å². The molecule has 7 aromatic carbocycles. The third-order valence-electron chi connectivity index (χ3n) is 9.50. The Morgan fingerprint density at radius 2 is 0.820 bits per heavy atom. The van der Waals surface area contributed by atoms with Gasteiger partial charge in [-0.2, -0.15) is 0 Å². The fourth-order valence-corrected chi connectivity index (χ4v) is 7.04. The minimum absolute atomic E-state index is 1.10. The lowest BCUT2D eigenvalue weighted by molar-refractivity contribution is 1.17. The topological polar surface area (TPSA) is 21.1 Å². The maximum atomic E-state index is 4.47. The number of rotatable bonds is 7. The van der Waals surface area contributed by atoms with Crippen LogP contribution in [-0.2, 0) is 0 Å². The predicted molar refractivity (Wildman–Crippen MR) is 210 cm³/mol. The molecule has 9 rings (SSSR count). The fraction of sp³-hybridized carbons (Fsp3) is 0. The average Bonchev–Trinajstić information content (AvgIpc) is 3.54. The molecule has 2 heterocycles. The molecule has 2 aromatic heterocycles. The van der Waals surface area contributed by atoms with Crippen LogP contribution in [0.1, 0.15) is 0 Å². The molecule has 0 aliphatic carbocycles. The quantitative estimate of drug-likeness (QED) is 0.173. The largest absolute Gasteiger partial charge is 0.311 e. The number of benzene rings is 7. The van der Waals surface area contributed by atoms with Gasteiger partial charge in [0.2, 0.25) is 0 Å². The van der Waals surface area contributed by atoms with Crippen LogP contribution >= 0.6 is 0 Å². The van der Waals surface area contributed by atoms with Crippen LogP contribution in [-0.4, -0.2) is 9.55 Å². The molecule has 3 nitrogen and oxygen atoms in total. The van der Waals surface area contributed by atoms with E-state index in [0.717, 1.165) is 39.4 Å². The molecular weight excluding hydrogens is 607 g/mol. The van der Waals surface area contributed by atoms with Crippen LogP contribution < -0.4 is 4.90 Å². The Morgan fingerprint density at radius 3 is 1.40 bits per heavy atom. The summed E-state index contributed by atoms with van der Waals surface area (Å²) in [6, 6.07) is 67.1. The van der Waals surface area contributed by atoms with Gasteiger partial charge in [0.25, 0.3) is 0 Å². The van der Waals surface area contributed by atoms with Gasteiger partial charge >= 0.3 is 0 Å². The molecule has 236 valence electrons. The highest BCUT2D eigenvalue weighted by atomic mass is 15.1. The lowest BCUT2D eigenvalue weighted by Gasteiger charge is -2.26. The van der Waals surface area contributed by atoms with Gasteiger partial charge in [-0.25, -0.2) is 0 Å². The lowest BCUT2D eigenvalue weighted by Crippen LogP contribution is -2.09. The molecule has 0 saturated heterocycles. The Labute approximate surface area is 292 Å². The van der Waals surface area contributed by atoms with E-state index >= 15 is 0 Å². The zero-order chi connectivity index (χ0) is 33.3. The Hall–Kier alpha value is -6.71. The molecule has 9 aromatic rings. The zero-order valence-electron chi connectivity index (χ0n) is 27.4. The van der Waals surface area contributed by atoms with E-state index in [1.54, 1.807) is 0 Å². The maximum Gasteiger partial charge on any atom is 0.0724 e. The molecule has 0 aliphatic rings.